The van der Waals surface area contributed by atoms with Crippen LogP contribution in [0.1, 0.15) is 31.9 Å². The molecule has 0 aliphatic carbocycles. The first kappa shape index (κ1) is 17.6. The Labute approximate surface area is 126 Å². The van der Waals surface area contributed by atoms with Crippen molar-refractivity contribution in [2.45, 2.75) is 32.7 Å². The van der Waals surface area contributed by atoms with Gasteiger partial charge in [0.15, 0.2) is 0 Å². The summed E-state index contributed by atoms with van der Waals surface area (Å²) < 4.78 is 24.6. The van der Waals surface area contributed by atoms with E-state index in [1.807, 2.05) is 13.0 Å². The van der Waals surface area contributed by atoms with Crippen LogP contribution in [0.25, 0.3) is 0 Å². The number of sulfonamides is 1. The van der Waals surface area contributed by atoms with Gasteiger partial charge in [-0.3, -0.25) is 9.78 Å². The fourth-order valence-corrected chi connectivity index (χ4v) is 2.62. The van der Waals surface area contributed by atoms with Crippen LogP contribution in [0, 0.1) is 0 Å². The van der Waals surface area contributed by atoms with Crippen molar-refractivity contribution in [1.82, 2.24) is 14.6 Å². The highest BCUT2D eigenvalue weighted by molar-refractivity contribution is 7.88. The smallest absolute Gasteiger partial charge is 0.235 e. The molecule has 0 radical (unpaired) electrons. The molecule has 0 saturated carbocycles. The van der Waals surface area contributed by atoms with Gasteiger partial charge in [-0.05, 0) is 18.6 Å². The Morgan fingerprint density at radius 2 is 2.10 bits per heavy atom. The van der Waals surface area contributed by atoms with Crippen molar-refractivity contribution in [1.29, 1.82) is 0 Å². The monoisotopic (exact) mass is 313 g/mol. The molecule has 0 bridgehead atoms. The molecule has 0 aliphatic heterocycles. The lowest BCUT2D eigenvalue weighted by Gasteiger charge is -2.19. The molecule has 0 atom stereocenters. The molecule has 0 unspecified atom stereocenters. The Morgan fingerprint density at radius 3 is 2.67 bits per heavy atom. The molecule has 1 amide bonds. The average molecular weight is 313 g/mol. The maximum absolute atomic E-state index is 11.9. The predicted octanol–water partition coefficient (Wildman–Crippen LogP) is 1.15. The molecule has 1 rings (SSSR count). The van der Waals surface area contributed by atoms with E-state index in [1.54, 1.807) is 18.3 Å². The molecule has 21 heavy (non-hydrogen) atoms. The molecule has 118 valence electrons. The second-order valence-electron chi connectivity index (χ2n) is 4.90. The fraction of sp³-hybridized carbons (Fsp3) is 0.571. The number of hydrogen-bond acceptors (Lipinski definition) is 4. The number of carbonyl (C=O) groups excluding carboxylic acids is 1. The third kappa shape index (κ3) is 7.19. The zero-order valence-corrected chi connectivity index (χ0v) is 13.4. The lowest BCUT2D eigenvalue weighted by atomic mass is 10.2. The molecule has 1 aromatic rings. The summed E-state index contributed by atoms with van der Waals surface area (Å²) in [6.07, 6.45) is 5.49. The Kier molecular flexibility index (Phi) is 7.31. The minimum absolute atomic E-state index is 0.143. The molecule has 7 heteroatoms. The summed E-state index contributed by atoms with van der Waals surface area (Å²) >= 11 is 0. The highest BCUT2D eigenvalue weighted by Gasteiger charge is 2.19. The minimum atomic E-state index is -3.37. The van der Waals surface area contributed by atoms with Crippen LogP contribution >= 0.6 is 0 Å². The van der Waals surface area contributed by atoms with Crippen LogP contribution in [0.15, 0.2) is 24.4 Å². The number of pyridine rings is 1. The molecule has 1 N–H and O–H groups in total. The molecule has 1 heterocycles. The summed E-state index contributed by atoms with van der Waals surface area (Å²) in [5.74, 6) is -0.317. The van der Waals surface area contributed by atoms with Gasteiger partial charge in [-0.2, -0.15) is 4.31 Å². The lowest BCUT2D eigenvalue weighted by Crippen LogP contribution is -2.40. The van der Waals surface area contributed by atoms with E-state index in [2.05, 4.69) is 10.3 Å². The van der Waals surface area contributed by atoms with Gasteiger partial charge in [-0.25, -0.2) is 8.42 Å². The van der Waals surface area contributed by atoms with E-state index < -0.39 is 10.0 Å². The molecule has 0 spiro atoms. The average Bonchev–Trinajstić information content (AvgIpc) is 2.44. The quantitative estimate of drug-likeness (QED) is 0.694. The SMILES string of the molecule is CCCCCN(CC(=O)NCc1ccccn1)S(C)(=O)=O. The van der Waals surface area contributed by atoms with Gasteiger partial charge in [0.05, 0.1) is 25.0 Å². The predicted molar refractivity (Wildman–Crippen MR) is 82.0 cm³/mol. The zero-order valence-electron chi connectivity index (χ0n) is 12.6. The molecule has 6 nitrogen and oxygen atoms in total. The molecule has 1 aromatic heterocycles. The second-order valence-corrected chi connectivity index (χ2v) is 6.88. The molecule has 0 saturated heterocycles. The van der Waals surface area contributed by atoms with Crippen LogP contribution in [-0.2, 0) is 21.4 Å². The van der Waals surface area contributed by atoms with Gasteiger partial charge in [-0.15, -0.1) is 0 Å². The topological polar surface area (TPSA) is 79.4 Å². The van der Waals surface area contributed by atoms with Gasteiger partial charge in [0.25, 0.3) is 0 Å². The van der Waals surface area contributed by atoms with E-state index in [9.17, 15) is 13.2 Å². The van der Waals surface area contributed by atoms with Crippen molar-refractivity contribution in [3.05, 3.63) is 30.1 Å². The Morgan fingerprint density at radius 1 is 1.33 bits per heavy atom. The maximum Gasteiger partial charge on any atom is 0.235 e. The number of rotatable bonds is 9. The second kappa shape index (κ2) is 8.74. The summed E-state index contributed by atoms with van der Waals surface area (Å²) in [5, 5.41) is 2.68. The van der Waals surface area contributed by atoms with Crippen molar-refractivity contribution in [3.63, 3.8) is 0 Å². The van der Waals surface area contributed by atoms with Gasteiger partial charge >= 0.3 is 0 Å². The number of nitrogens with zero attached hydrogens (tertiary/aromatic N) is 2. The number of nitrogens with one attached hydrogen (secondary N) is 1. The maximum atomic E-state index is 11.9. The number of unbranched alkanes of at least 4 members (excludes halogenated alkanes) is 2. The van der Waals surface area contributed by atoms with Gasteiger partial charge < -0.3 is 5.32 Å². The van der Waals surface area contributed by atoms with E-state index in [0.717, 1.165) is 31.2 Å². The normalized spacial score (nSPS) is 11.6. The van der Waals surface area contributed by atoms with E-state index in [4.69, 9.17) is 0 Å². The van der Waals surface area contributed by atoms with Crippen LogP contribution in [-0.4, -0.2) is 43.0 Å². The highest BCUT2D eigenvalue weighted by Crippen LogP contribution is 2.03. The molecule has 0 aromatic carbocycles. The number of hydrogen-bond donors (Lipinski definition) is 1. The number of carbonyl (C=O) groups is 1. The first-order chi connectivity index (χ1) is 9.93. The van der Waals surface area contributed by atoms with Crippen molar-refractivity contribution in [2.24, 2.45) is 0 Å². The van der Waals surface area contributed by atoms with Crippen LogP contribution < -0.4 is 5.32 Å². The van der Waals surface area contributed by atoms with Gasteiger partial charge in [0.2, 0.25) is 15.9 Å². The summed E-state index contributed by atoms with van der Waals surface area (Å²) in [7, 11) is -3.37. The van der Waals surface area contributed by atoms with E-state index >= 15 is 0 Å². The van der Waals surface area contributed by atoms with E-state index in [1.165, 1.54) is 4.31 Å². The van der Waals surface area contributed by atoms with Crippen LogP contribution in [0.2, 0.25) is 0 Å². The van der Waals surface area contributed by atoms with Crippen LogP contribution in [0.4, 0.5) is 0 Å². The highest BCUT2D eigenvalue weighted by atomic mass is 32.2. The zero-order chi connectivity index (χ0) is 15.7. The van der Waals surface area contributed by atoms with Crippen molar-refractivity contribution in [2.75, 3.05) is 19.3 Å². The third-order valence-electron chi connectivity index (χ3n) is 2.99. The van der Waals surface area contributed by atoms with Gasteiger partial charge in [-0.1, -0.05) is 25.8 Å². The summed E-state index contributed by atoms with van der Waals surface area (Å²) in [6.45, 7) is 2.58. The van der Waals surface area contributed by atoms with Crippen LogP contribution in [0.3, 0.4) is 0 Å². The van der Waals surface area contributed by atoms with Gasteiger partial charge in [0.1, 0.15) is 0 Å². The summed E-state index contributed by atoms with van der Waals surface area (Å²) in [5.41, 5.74) is 0.739. The van der Waals surface area contributed by atoms with Crippen molar-refractivity contribution in [3.8, 4) is 0 Å². The number of amides is 1. The van der Waals surface area contributed by atoms with Crippen molar-refractivity contribution >= 4 is 15.9 Å². The Balaban J connectivity index is 2.48. The molecular formula is C14H23N3O3S. The molecule has 0 aliphatic rings. The largest absolute Gasteiger partial charge is 0.349 e. The Bertz CT molecular complexity index is 532. The number of aromatic nitrogens is 1. The fourth-order valence-electron chi connectivity index (χ4n) is 1.81. The lowest BCUT2D eigenvalue weighted by molar-refractivity contribution is -0.121. The first-order valence-electron chi connectivity index (χ1n) is 7.05. The van der Waals surface area contributed by atoms with E-state index in [0.29, 0.717) is 13.1 Å². The van der Waals surface area contributed by atoms with Crippen LogP contribution in [0.5, 0.6) is 0 Å². The standard InChI is InChI=1S/C14H23N3O3S/c1-3-4-7-10-17(21(2,19)20)12-14(18)16-11-13-8-5-6-9-15-13/h5-6,8-9H,3-4,7,10-12H2,1-2H3,(H,16,18). The van der Waals surface area contributed by atoms with E-state index in [-0.39, 0.29) is 12.5 Å². The Hall–Kier alpha value is -1.47. The third-order valence-corrected chi connectivity index (χ3v) is 4.24. The first-order valence-corrected chi connectivity index (χ1v) is 8.90. The van der Waals surface area contributed by atoms with Gasteiger partial charge in [0, 0.05) is 12.7 Å². The molecule has 0 fully saturated rings. The summed E-state index contributed by atoms with van der Waals surface area (Å²) in [4.78, 5) is 16.0. The molecular weight excluding hydrogens is 290 g/mol. The minimum Gasteiger partial charge on any atom is -0.349 e. The van der Waals surface area contributed by atoms with Crippen molar-refractivity contribution < 1.29 is 13.2 Å². The summed E-state index contributed by atoms with van der Waals surface area (Å²) in [6, 6.07) is 5.43.